The third-order valence-electron chi connectivity index (χ3n) is 4.18. The van der Waals surface area contributed by atoms with Crippen molar-refractivity contribution < 1.29 is 0 Å². The zero-order valence-electron chi connectivity index (χ0n) is 12.7. The van der Waals surface area contributed by atoms with Gasteiger partial charge in [-0.05, 0) is 44.3 Å². The van der Waals surface area contributed by atoms with Crippen LogP contribution >= 0.6 is 0 Å². The molecule has 0 radical (unpaired) electrons. The maximum atomic E-state index is 3.64. The highest BCUT2D eigenvalue weighted by Gasteiger charge is 2.23. The van der Waals surface area contributed by atoms with Crippen molar-refractivity contribution in [2.45, 2.75) is 46.2 Å². The number of rotatable bonds is 6. The molecular formula is C17H28N2. The predicted molar refractivity (Wildman–Crippen MR) is 82.3 cm³/mol. The van der Waals surface area contributed by atoms with Crippen LogP contribution in [0.3, 0.4) is 0 Å². The molecule has 1 unspecified atom stereocenters. The molecular weight excluding hydrogens is 232 g/mol. The monoisotopic (exact) mass is 260 g/mol. The van der Waals surface area contributed by atoms with E-state index in [1.54, 1.807) is 0 Å². The number of aryl methyl sites for hydroxylation is 1. The summed E-state index contributed by atoms with van der Waals surface area (Å²) in [6, 6.07) is 9.52. The molecule has 106 valence electrons. The van der Waals surface area contributed by atoms with Crippen LogP contribution in [-0.4, -0.2) is 30.6 Å². The second kappa shape index (κ2) is 7.06. The first-order chi connectivity index (χ1) is 9.16. The van der Waals surface area contributed by atoms with Crippen LogP contribution in [0.4, 0.5) is 0 Å². The van der Waals surface area contributed by atoms with Gasteiger partial charge in [0.1, 0.15) is 0 Å². The van der Waals surface area contributed by atoms with E-state index in [-0.39, 0.29) is 0 Å². The molecule has 1 heterocycles. The average molecular weight is 260 g/mol. The van der Waals surface area contributed by atoms with Crippen LogP contribution in [0, 0.1) is 12.8 Å². The predicted octanol–water partition coefficient (Wildman–Crippen LogP) is 3.21. The SMILES string of the molecule is Cc1ccc(CNCC(C(C)C)N2CCCC2)cc1. The molecule has 1 fully saturated rings. The maximum absolute atomic E-state index is 3.64. The second-order valence-corrected chi connectivity index (χ2v) is 6.17. The molecule has 1 aromatic rings. The number of nitrogens with one attached hydrogen (secondary N) is 1. The Morgan fingerprint density at radius 1 is 1.11 bits per heavy atom. The minimum atomic E-state index is 0.688. The van der Waals surface area contributed by atoms with Crippen molar-refractivity contribution >= 4 is 0 Å². The molecule has 0 spiro atoms. The lowest BCUT2D eigenvalue weighted by molar-refractivity contribution is 0.186. The third-order valence-corrected chi connectivity index (χ3v) is 4.18. The molecule has 19 heavy (non-hydrogen) atoms. The minimum absolute atomic E-state index is 0.688. The molecule has 1 N–H and O–H groups in total. The summed E-state index contributed by atoms with van der Waals surface area (Å²) in [7, 11) is 0. The summed E-state index contributed by atoms with van der Waals surface area (Å²) in [6.45, 7) is 11.5. The van der Waals surface area contributed by atoms with E-state index in [0.29, 0.717) is 6.04 Å². The molecule has 0 aromatic heterocycles. The minimum Gasteiger partial charge on any atom is -0.311 e. The first kappa shape index (κ1) is 14.5. The van der Waals surface area contributed by atoms with Gasteiger partial charge in [-0.25, -0.2) is 0 Å². The smallest absolute Gasteiger partial charge is 0.0243 e. The molecule has 0 saturated carbocycles. The number of nitrogens with zero attached hydrogens (tertiary/aromatic N) is 1. The van der Waals surface area contributed by atoms with E-state index in [0.717, 1.165) is 19.0 Å². The number of hydrogen-bond acceptors (Lipinski definition) is 2. The lowest BCUT2D eigenvalue weighted by atomic mass is 10.0. The number of benzene rings is 1. The van der Waals surface area contributed by atoms with E-state index < -0.39 is 0 Å². The Morgan fingerprint density at radius 2 is 1.74 bits per heavy atom. The van der Waals surface area contributed by atoms with Crippen LogP contribution in [0.25, 0.3) is 0 Å². The summed E-state index contributed by atoms with van der Waals surface area (Å²) in [4.78, 5) is 2.66. The van der Waals surface area contributed by atoms with Crippen LogP contribution in [-0.2, 0) is 6.54 Å². The number of likely N-dealkylation sites (tertiary alicyclic amines) is 1. The lowest BCUT2D eigenvalue weighted by Crippen LogP contribution is -2.44. The van der Waals surface area contributed by atoms with Crippen molar-refractivity contribution in [2.75, 3.05) is 19.6 Å². The van der Waals surface area contributed by atoms with Crippen molar-refractivity contribution in [3.05, 3.63) is 35.4 Å². The molecule has 1 saturated heterocycles. The molecule has 1 aromatic carbocycles. The van der Waals surface area contributed by atoms with Gasteiger partial charge in [0.25, 0.3) is 0 Å². The normalized spacial score (nSPS) is 18.1. The topological polar surface area (TPSA) is 15.3 Å². The van der Waals surface area contributed by atoms with Gasteiger partial charge in [-0.1, -0.05) is 43.7 Å². The molecule has 0 bridgehead atoms. The lowest BCUT2D eigenvalue weighted by Gasteiger charge is -2.31. The quantitative estimate of drug-likeness (QED) is 0.845. The van der Waals surface area contributed by atoms with Gasteiger partial charge in [-0.2, -0.15) is 0 Å². The van der Waals surface area contributed by atoms with Crippen LogP contribution in [0.2, 0.25) is 0 Å². The summed E-state index contributed by atoms with van der Waals surface area (Å²) in [6.07, 6.45) is 2.75. The first-order valence-electron chi connectivity index (χ1n) is 7.67. The molecule has 1 aliphatic rings. The molecule has 2 rings (SSSR count). The van der Waals surface area contributed by atoms with Crippen molar-refractivity contribution in [3.8, 4) is 0 Å². The Morgan fingerprint density at radius 3 is 2.32 bits per heavy atom. The highest BCUT2D eigenvalue weighted by Crippen LogP contribution is 2.17. The Kier molecular flexibility index (Phi) is 5.41. The highest BCUT2D eigenvalue weighted by atomic mass is 15.2. The van der Waals surface area contributed by atoms with Gasteiger partial charge in [0.2, 0.25) is 0 Å². The molecule has 1 aliphatic heterocycles. The molecule has 0 amide bonds. The Labute approximate surface area is 118 Å². The highest BCUT2D eigenvalue weighted by molar-refractivity contribution is 5.21. The van der Waals surface area contributed by atoms with Crippen molar-refractivity contribution in [1.82, 2.24) is 10.2 Å². The van der Waals surface area contributed by atoms with Crippen molar-refractivity contribution in [2.24, 2.45) is 5.92 Å². The van der Waals surface area contributed by atoms with E-state index in [4.69, 9.17) is 0 Å². The Balaban J connectivity index is 1.80. The van der Waals surface area contributed by atoms with Crippen LogP contribution in [0.5, 0.6) is 0 Å². The van der Waals surface area contributed by atoms with Crippen LogP contribution in [0.15, 0.2) is 24.3 Å². The van der Waals surface area contributed by atoms with Gasteiger partial charge in [-0.3, -0.25) is 4.90 Å². The van der Waals surface area contributed by atoms with Gasteiger partial charge in [0, 0.05) is 19.1 Å². The van der Waals surface area contributed by atoms with Gasteiger partial charge in [0.05, 0.1) is 0 Å². The Bertz CT molecular complexity index is 363. The standard InChI is InChI=1S/C17H28N2/c1-14(2)17(19-10-4-5-11-19)13-18-12-16-8-6-15(3)7-9-16/h6-9,14,17-18H,4-5,10-13H2,1-3H3. The molecule has 0 aliphatic carbocycles. The van der Waals surface area contributed by atoms with Crippen LogP contribution in [0.1, 0.15) is 37.8 Å². The average Bonchev–Trinajstić information content (AvgIpc) is 2.90. The van der Waals surface area contributed by atoms with Gasteiger partial charge in [-0.15, -0.1) is 0 Å². The van der Waals surface area contributed by atoms with Crippen molar-refractivity contribution in [1.29, 1.82) is 0 Å². The molecule has 2 nitrogen and oxygen atoms in total. The first-order valence-corrected chi connectivity index (χ1v) is 7.67. The van der Waals surface area contributed by atoms with Crippen molar-refractivity contribution in [3.63, 3.8) is 0 Å². The summed E-state index contributed by atoms with van der Waals surface area (Å²) in [5.41, 5.74) is 2.72. The largest absolute Gasteiger partial charge is 0.311 e. The zero-order chi connectivity index (χ0) is 13.7. The summed E-state index contributed by atoms with van der Waals surface area (Å²) >= 11 is 0. The fourth-order valence-corrected chi connectivity index (χ4v) is 2.93. The zero-order valence-corrected chi connectivity index (χ0v) is 12.7. The van der Waals surface area contributed by atoms with Gasteiger partial charge >= 0.3 is 0 Å². The fraction of sp³-hybridized carbons (Fsp3) is 0.647. The fourth-order valence-electron chi connectivity index (χ4n) is 2.93. The van der Waals surface area contributed by atoms with Gasteiger partial charge < -0.3 is 5.32 Å². The van der Waals surface area contributed by atoms with Crippen LogP contribution < -0.4 is 5.32 Å². The van der Waals surface area contributed by atoms with E-state index >= 15 is 0 Å². The summed E-state index contributed by atoms with van der Waals surface area (Å²) in [5.74, 6) is 0.726. The second-order valence-electron chi connectivity index (χ2n) is 6.17. The maximum Gasteiger partial charge on any atom is 0.0243 e. The van der Waals surface area contributed by atoms with E-state index in [1.807, 2.05) is 0 Å². The molecule has 2 heteroatoms. The summed E-state index contributed by atoms with van der Waals surface area (Å²) < 4.78 is 0. The molecule has 1 atom stereocenters. The Hall–Kier alpha value is -0.860. The van der Waals surface area contributed by atoms with E-state index in [2.05, 4.69) is 55.3 Å². The van der Waals surface area contributed by atoms with E-state index in [9.17, 15) is 0 Å². The third kappa shape index (κ3) is 4.32. The summed E-state index contributed by atoms with van der Waals surface area (Å²) in [5, 5.41) is 3.64. The van der Waals surface area contributed by atoms with Gasteiger partial charge in [0.15, 0.2) is 0 Å². The van der Waals surface area contributed by atoms with E-state index in [1.165, 1.54) is 37.1 Å². The number of hydrogen-bond donors (Lipinski definition) is 1.